The van der Waals surface area contributed by atoms with E-state index in [0.717, 1.165) is 43.6 Å². The maximum atomic E-state index is 12.7. The molecule has 0 radical (unpaired) electrons. The van der Waals surface area contributed by atoms with Crippen molar-refractivity contribution in [3.8, 4) is 11.5 Å². The van der Waals surface area contributed by atoms with Gasteiger partial charge in [-0.3, -0.25) is 0 Å². The van der Waals surface area contributed by atoms with Crippen LogP contribution in [0.15, 0.2) is 36.7 Å². The van der Waals surface area contributed by atoms with E-state index in [1.54, 1.807) is 6.20 Å². The quantitative estimate of drug-likeness (QED) is 0.629. The molecule has 2 N–H and O–H groups in total. The van der Waals surface area contributed by atoms with Crippen LogP contribution in [0, 0.1) is 0 Å². The number of aromatic amines is 1. The Bertz CT molecular complexity index is 1090. The molecule has 0 aliphatic carbocycles. The van der Waals surface area contributed by atoms with Crippen LogP contribution in [0.5, 0.6) is 11.5 Å². The number of halogens is 1. The van der Waals surface area contributed by atoms with Gasteiger partial charge in [0.05, 0.1) is 18.2 Å². The molecule has 0 spiro atoms. The summed E-state index contributed by atoms with van der Waals surface area (Å²) >= 11 is 6.36. The SMILES string of the molecule is O=C(NCc1cc(Cl)c2c(c1)OCCCO2)N1CCC(c2c[nH]c3ncccc23)CC1. The number of piperidine rings is 1. The Morgan fingerprint density at radius 2 is 2.10 bits per heavy atom. The fraction of sp³-hybridized carbons (Fsp3) is 0.391. The first-order valence-electron chi connectivity index (χ1n) is 10.7. The average molecular weight is 441 g/mol. The number of aromatic nitrogens is 2. The molecular weight excluding hydrogens is 416 g/mol. The monoisotopic (exact) mass is 440 g/mol. The highest BCUT2D eigenvalue weighted by atomic mass is 35.5. The number of urea groups is 1. The maximum Gasteiger partial charge on any atom is 0.317 e. The van der Waals surface area contributed by atoms with Crippen LogP contribution in [-0.2, 0) is 6.54 Å². The van der Waals surface area contributed by atoms with E-state index < -0.39 is 0 Å². The van der Waals surface area contributed by atoms with Crippen molar-refractivity contribution in [2.45, 2.75) is 31.7 Å². The average Bonchev–Trinajstić information content (AvgIpc) is 3.08. The first kappa shape index (κ1) is 20.0. The number of fused-ring (bicyclic) bond motifs is 2. The van der Waals surface area contributed by atoms with Gasteiger partial charge in [-0.2, -0.15) is 0 Å². The predicted molar refractivity (Wildman–Crippen MR) is 119 cm³/mol. The van der Waals surface area contributed by atoms with E-state index >= 15 is 0 Å². The number of nitrogens with one attached hydrogen (secondary N) is 2. The molecule has 2 aliphatic heterocycles. The van der Waals surface area contributed by atoms with E-state index in [9.17, 15) is 4.79 Å². The molecule has 1 aromatic carbocycles. The molecule has 31 heavy (non-hydrogen) atoms. The lowest BCUT2D eigenvalue weighted by Crippen LogP contribution is -2.43. The third-order valence-electron chi connectivity index (χ3n) is 6.01. The number of carbonyl (C=O) groups is 1. The van der Waals surface area contributed by atoms with Crippen molar-refractivity contribution in [1.29, 1.82) is 0 Å². The highest BCUT2D eigenvalue weighted by Gasteiger charge is 2.25. The number of hydrogen-bond acceptors (Lipinski definition) is 4. The Kier molecular flexibility index (Phi) is 5.59. The van der Waals surface area contributed by atoms with Gasteiger partial charge in [-0.05, 0) is 54.2 Å². The van der Waals surface area contributed by atoms with Crippen molar-refractivity contribution in [2.24, 2.45) is 0 Å². The normalized spacial score (nSPS) is 16.9. The maximum absolute atomic E-state index is 12.7. The standard InChI is InChI=1S/C23H25ClN4O3/c24-19-11-15(12-20-21(19)31-10-2-9-30-20)13-27-23(29)28-7-4-16(5-8-28)18-14-26-22-17(18)3-1-6-25-22/h1,3,6,11-12,14,16H,2,4-5,7-10,13H2,(H,25,26)(H,27,29). The van der Waals surface area contributed by atoms with E-state index in [4.69, 9.17) is 21.1 Å². The van der Waals surface area contributed by atoms with Gasteiger partial charge in [-0.25, -0.2) is 9.78 Å². The lowest BCUT2D eigenvalue weighted by Gasteiger charge is -2.32. The Morgan fingerprint density at radius 1 is 1.26 bits per heavy atom. The summed E-state index contributed by atoms with van der Waals surface area (Å²) < 4.78 is 11.4. The number of likely N-dealkylation sites (tertiary alicyclic amines) is 1. The molecule has 2 amide bonds. The van der Waals surface area contributed by atoms with Crippen LogP contribution in [-0.4, -0.2) is 47.2 Å². The second-order valence-corrected chi connectivity index (χ2v) is 8.43. The van der Waals surface area contributed by atoms with Crippen LogP contribution in [0.4, 0.5) is 4.79 Å². The number of amides is 2. The van der Waals surface area contributed by atoms with Gasteiger partial charge in [0.25, 0.3) is 0 Å². The van der Waals surface area contributed by atoms with E-state index in [1.165, 1.54) is 10.9 Å². The van der Waals surface area contributed by atoms with Gasteiger partial charge in [0.1, 0.15) is 5.65 Å². The van der Waals surface area contributed by atoms with Gasteiger partial charge < -0.3 is 24.7 Å². The molecule has 7 nitrogen and oxygen atoms in total. The van der Waals surface area contributed by atoms with Gasteiger partial charge in [0, 0.05) is 43.8 Å². The van der Waals surface area contributed by atoms with E-state index in [2.05, 4.69) is 27.5 Å². The van der Waals surface area contributed by atoms with Gasteiger partial charge in [0.15, 0.2) is 11.5 Å². The molecule has 2 aromatic heterocycles. The van der Waals surface area contributed by atoms with Crippen LogP contribution in [0.1, 0.15) is 36.3 Å². The Balaban J connectivity index is 1.18. The zero-order chi connectivity index (χ0) is 21.2. The second-order valence-electron chi connectivity index (χ2n) is 8.02. The Morgan fingerprint density at radius 3 is 2.97 bits per heavy atom. The van der Waals surface area contributed by atoms with E-state index in [0.29, 0.717) is 42.2 Å². The van der Waals surface area contributed by atoms with Crippen molar-refractivity contribution in [3.63, 3.8) is 0 Å². The largest absolute Gasteiger partial charge is 0.489 e. The fourth-order valence-electron chi connectivity index (χ4n) is 4.38. The van der Waals surface area contributed by atoms with Crippen molar-refractivity contribution in [2.75, 3.05) is 26.3 Å². The zero-order valence-corrected chi connectivity index (χ0v) is 18.0. The van der Waals surface area contributed by atoms with Crippen molar-refractivity contribution < 1.29 is 14.3 Å². The van der Waals surface area contributed by atoms with Crippen LogP contribution in [0.2, 0.25) is 5.02 Å². The third-order valence-corrected chi connectivity index (χ3v) is 6.29. The summed E-state index contributed by atoms with van der Waals surface area (Å²) in [4.78, 5) is 22.2. The lowest BCUT2D eigenvalue weighted by atomic mass is 9.89. The molecule has 5 rings (SSSR count). The molecule has 0 bridgehead atoms. The first-order valence-corrected chi connectivity index (χ1v) is 11.1. The Labute approximate surface area is 185 Å². The van der Waals surface area contributed by atoms with Crippen LogP contribution < -0.4 is 14.8 Å². The molecule has 2 aliphatic rings. The Hall–Kier alpha value is -2.93. The molecule has 0 unspecified atom stereocenters. The first-order chi connectivity index (χ1) is 15.2. The fourth-order valence-corrected chi connectivity index (χ4v) is 4.67. The minimum absolute atomic E-state index is 0.0534. The number of pyridine rings is 1. The smallest absolute Gasteiger partial charge is 0.317 e. The number of carbonyl (C=O) groups excluding carboxylic acids is 1. The van der Waals surface area contributed by atoms with E-state index in [1.807, 2.05) is 23.1 Å². The minimum atomic E-state index is -0.0534. The van der Waals surface area contributed by atoms with E-state index in [-0.39, 0.29) is 6.03 Å². The minimum Gasteiger partial charge on any atom is -0.489 e. The van der Waals surface area contributed by atoms with Gasteiger partial charge in [-0.15, -0.1) is 0 Å². The van der Waals surface area contributed by atoms with Crippen LogP contribution >= 0.6 is 11.6 Å². The molecule has 8 heteroatoms. The highest BCUT2D eigenvalue weighted by Crippen LogP contribution is 2.38. The topological polar surface area (TPSA) is 79.5 Å². The highest BCUT2D eigenvalue weighted by molar-refractivity contribution is 6.32. The van der Waals surface area contributed by atoms with Gasteiger partial charge in [-0.1, -0.05) is 11.6 Å². The number of rotatable bonds is 3. The van der Waals surface area contributed by atoms with Gasteiger partial charge >= 0.3 is 6.03 Å². The molecular formula is C23H25ClN4O3. The molecule has 0 saturated carbocycles. The van der Waals surface area contributed by atoms with Crippen molar-refractivity contribution >= 4 is 28.7 Å². The summed E-state index contributed by atoms with van der Waals surface area (Å²) in [6.07, 6.45) is 6.55. The summed E-state index contributed by atoms with van der Waals surface area (Å²) in [7, 11) is 0. The predicted octanol–water partition coefficient (Wildman–Crippen LogP) is 4.47. The molecule has 0 atom stereocenters. The number of hydrogen-bond donors (Lipinski definition) is 2. The summed E-state index contributed by atoms with van der Waals surface area (Å²) in [6, 6.07) is 7.74. The van der Waals surface area contributed by atoms with Crippen molar-refractivity contribution in [3.05, 3.63) is 52.8 Å². The summed E-state index contributed by atoms with van der Waals surface area (Å²) in [5.41, 5.74) is 3.11. The molecule has 1 fully saturated rings. The van der Waals surface area contributed by atoms with Gasteiger partial charge in [0.2, 0.25) is 0 Å². The molecule has 3 aromatic rings. The van der Waals surface area contributed by atoms with Crippen LogP contribution in [0.25, 0.3) is 11.0 Å². The summed E-state index contributed by atoms with van der Waals surface area (Å²) in [5, 5.41) is 4.70. The summed E-state index contributed by atoms with van der Waals surface area (Å²) in [6.45, 7) is 3.04. The molecule has 4 heterocycles. The third kappa shape index (κ3) is 4.14. The number of nitrogens with zero attached hydrogens (tertiary/aromatic N) is 2. The second kappa shape index (κ2) is 8.67. The van der Waals surface area contributed by atoms with Crippen LogP contribution in [0.3, 0.4) is 0 Å². The molecule has 1 saturated heterocycles. The number of H-pyrrole nitrogens is 1. The molecule has 162 valence electrons. The van der Waals surface area contributed by atoms with Crippen molar-refractivity contribution in [1.82, 2.24) is 20.2 Å². The lowest BCUT2D eigenvalue weighted by molar-refractivity contribution is 0.181. The number of ether oxygens (including phenoxy) is 2. The zero-order valence-electron chi connectivity index (χ0n) is 17.2. The number of benzene rings is 1. The summed E-state index contributed by atoms with van der Waals surface area (Å²) in [5.74, 6) is 1.66.